The maximum absolute atomic E-state index is 8.63. The second-order valence-corrected chi connectivity index (χ2v) is 5.48. The van der Waals surface area contributed by atoms with Gasteiger partial charge in [-0.2, -0.15) is 0 Å². The molecule has 0 heterocycles. The van der Waals surface area contributed by atoms with Crippen LogP contribution in [0.3, 0.4) is 0 Å². The fourth-order valence-corrected chi connectivity index (χ4v) is 0. The summed E-state index contributed by atoms with van der Waals surface area (Å²) in [5, 5.41) is 0. The van der Waals surface area contributed by atoms with E-state index in [2.05, 4.69) is 0 Å². The Morgan fingerprint density at radius 1 is 0.636 bits per heavy atom. The molecule has 0 aliphatic heterocycles. The first kappa shape index (κ1) is 18.2. The first-order valence-electron chi connectivity index (χ1n) is 1.33. The summed E-state index contributed by atoms with van der Waals surface area (Å²) in [4.78, 5) is 0. The van der Waals surface area contributed by atoms with E-state index in [4.69, 9.17) is 26.3 Å². The maximum Gasteiger partial charge on any atom is 4.00 e. The van der Waals surface area contributed by atoms with Gasteiger partial charge in [0.05, 0.1) is 0 Å². The summed E-state index contributed by atoms with van der Waals surface area (Å²) in [6.45, 7) is 0. The van der Waals surface area contributed by atoms with Crippen molar-refractivity contribution in [3.8, 4) is 0 Å². The van der Waals surface area contributed by atoms with Crippen LogP contribution in [0.4, 0.5) is 0 Å². The zero-order valence-corrected chi connectivity index (χ0v) is 12.1. The summed E-state index contributed by atoms with van der Waals surface area (Å²) in [6.07, 6.45) is 0. The fourth-order valence-electron chi connectivity index (χ4n) is 0. The van der Waals surface area contributed by atoms with Gasteiger partial charge in [-0.3, -0.25) is 0 Å². The van der Waals surface area contributed by atoms with Crippen molar-refractivity contribution in [3.05, 3.63) is 0 Å². The van der Waals surface area contributed by atoms with Gasteiger partial charge in [-0.15, -0.1) is 0 Å². The van der Waals surface area contributed by atoms with E-state index in [1.165, 1.54) is 0 Å². The molecule has 0 spiro atoms. The molecule has 0 saturated heterocycles. The van der Waals surface area contributed by atoms with E-state index in [0.717, 1.165) is 0 Å². The van der Waals surface area contributed by atoms with Crippen LogP contribution in [-0.4, -0.2) is 37.9 Å². The molecule has 0 amide bonds. The second kappa shape index (κ2) is 6.78. The van der Waals surface area contributed by atoms with Crippen LogP contribution in [0.25, 0.3) is 0 Å². The third kappa shape index (κ3) is 573. The molecule has 0 saturated carbocycles. The van der Waals surface area contributed by atoms with Crippen LogP contribution >= 0.6 is 0 Å². The van der Waals surface area contributed by atoms with Crippen LogP contribution in [0.2, 0.25) is 0 Å². The monoisotopic (exact) mass is 572 g/mol. The van der Waals surface area contributed by atoms with Crippen molar-refractivity contribution in [2.45, 2.75) is 0 Å². The largest absolute Gasteiger partial charge is 4.00 e. The minimum absolute atomic E-state index is 0. The molecule has 8 nitrogen and oxygen atoms in total. The van der Waals surface area contributed by atoms with Crippen molar-refractivity contribution in [2.24, 2.45) is 0 Å². The standard InChI is InChI=1S/2H2O4Te.W/c2*1-5(2,3)4;/h2*(H2,1,2,3,4);/q;;+4/p-4. The Morgan fingerprint density at radius 2 is 0.636 bits per heavy atom. The Balaban J connectivity index is -0.000000107. The zero-order valence-electron chi connectivity index (χ0n) is 4.49. The summed E-state index contributed by atoms with van der Waals surface area (Å²) < 4.78 is 69.0. The van der Waals surface area contributed by atoms with Crippen molar-refractivity contribution in [2.75, 3.05) is 0 Å². The Bertz CT molecular complexity index is 208. The van der Waals surface area contributed by atoms with Gasteiger partial charge in [0, 0.05) is 0 Å². The van der Waals surface area contributed by atoms with Gasteiger partial charge in [0.2, 0.25) is 0 Å². The fraction of sp³-hybridized carbons (Fsp3) is 0. The smallest absolute Gasteiger partial charge is 4.00 e. The summed E-state index contributed by atoms with van der Waals surface area (Å²) in [6, 6.07) is 0. The first-order chi connectivity index (χ1) is 4.00. The molecule has 66 valence electrons. The van der Waals surface area contributed by atoms with E-state index in [-0.39, 0.29) is 21.1 Å². The summed E-state index contributed by atoms with van der Waals surface area (Å²) in [7, 11) is 0. The van der Waals surface area contributed by atoms with Crippen LogP contribution in [0, 0.1) is 0 Å². The van der Waals surface area contributed by atoms with E-state index >= 15 is 0 Å². The molecule has 0 aromatic heterocycles. The molecule has 0 unspecified atom stereocenters. The minimum Gasteiger partial charge on any atom is 4.00 e. The van der Waals surface area contributed by atoms with Gasteiger partial charge >= 0.3 is 85.3 Å². The summed E-state index contributed by atoms with van der Waals surface area (Å²) in [5.74, 6) is 0. The third-order valence-electron chi connectivity index (χ3n) is 0. The molecule has 0 aliphatic rings. The Hall–Kier alpha value is 1.31. The first-order valence-corrected chi connectivity index (χ1v) is 8.94. The number of rotatable bonds is 0. The maximum atomic E-state index is 8.63. The van der Waals surface area contributed by atoms with Gasteiger partial charge in [0.1, 0.15) is 0 Å². The molecule has 0 atom stereocenters. The average Bonchev–Trinajstić information content (AvgIpc) is 1.12. The molecule has 0 aliphatic carbocycles. The van der Waals surface area contributed by atoms with Gasteiger partial charge in [-0.05, 0) is 0 Å². The molecule has 0 radical (unpaired) electrons. The number of hydrogen-bond donors (Lipinski definition) is 0. The Morgan fingerprint density at radius 3 is 0.636 bits per heavy atom. The van der Waals surface area contributed by atoms with E-state index in [0.29, 0.717) is 0 Å². The van der Waals surface area contributed by atoms with Gasteiger partial charge < -0.3 is 0 Å². The van der Waals surface area contributed by atoms with E-state index in [1.54, 1.807) is 0 Å². The minimum atomic E-state index is -6.02. The zero-order chi connectivity index (χ0) is 9.00. The third-order valence-corrected chi connectivity index (χ3v) is 0. The molecule has 0 aromatic carbocycles. The Kier molecular flexibility index (Phi) is 11.2. The van der Waals surface area contributed by atoms with Gasteiger partial charge in [0.25, 0.3) is 0 Å². The molecule has 0 fully saturated rings. The normalized spacial score (nSPS) is 10.5. The van der Waals surface area contributed by atoms with E-state index in [9.17, 15) is 0 Å². The summed E-state index contributed by atoms with van der Waals surface area (Å²) in [5.41, 5.74) is 0. The number of hydrogen-bond acceptors (Lipinski definition) is 8. The SMILES string of the molecule is O=[Te](=O)([O-])[O-].O=[Te](=O)([O-])[O-].[W+4]. The van der Waals surface area contributed by atoms with Crippen LogP contribution in [0.15, 0.2) is 0 Å². The van der Waals surface area contributed by atoms with Gasteiger partial charge in [0.15, 0.2) is 0 Å². The van der Waals surface area contributed by atoms with Crippen LogP contribution in [0.5, 0.6) is 0 Å². The predicted octanol–water partition coefficient (Wildman–Crippen LogP) is -6.00. The van der Waals surface area contributed by atoms with Crippen molar-refractivity contribution in [3.63, 3.8) is 0 Å². The molecule has 0 bridgehead atoms. The molecule has 11 heavy (non-hydrogen) atoms. The van der Waals surface area contributed by atoms with Crippen LogP contribution < -0.4 is 13.9 Å². The van der Waals surface area contributed by atoms with Crippen molar-refractivity contribution in [1.29, 1.82) is 0 Å². The average molecular weight is 567 g/mol. The second-order valence-electron chi connectivity index (χ2n) is 0.816. The van der Waals surface area contributed by atoms with Gasteiger partial charge in [-0.25, -0.2) is 0 Å². The van der Waals surface area contributed by atoms with E-state index in [1.807, 2.05) is 0 Å². The van der Waals surface area contributed by atoms with E-state index < -0.39 is 37.9 Å². The van der Waals surface area contributed by atoms with Crippen molar-refractivity contribution < 1.29 is 47.4 Å². The van der Waals surface area contributed by atoms with Gasteiger partial charge in [-0.1, -0.05) is 0 Å². The molecule has 0 rings (SSSR count). The molecule has 0 aromatic rings. The van der Waals surface area contributed by atoms with Crippen molar-refractivity contribution in [1.82, 2.24) is 0 Å². The van der Waals surface area contributed by atoms with Crippen molar-refractivity contribution >= 4 is 37.9 Å². The molecule has 11 heteroatoms. The molecule has 0 N–H and O–H groups in total. The summed E-state index contributed by atoms with van der Waals surface area (Å²) >= 11 is -12.0. The predicted molar refractivity (Wildman–Crippen MR) is 14.3 cm³/mol. The Labute approximate surface area is 84.4 Å². The molecular weight excluding hydrogens is 567 g/mol. The topological polar surface area (TPSA) is 161 Å². The van der Waals surface area contributed by atoms with Crippen LogP contribution in [0.1, 0.15) is 0 Å². The molecular formula is O8Te2W. The van der Waals surface area contributed by atoms with Crippen LogP contribution in [-0.2, 0) is 33.5 Å². The quantitative estimate of drug-likeness (QED) is 0.262.